The number of hydrogen-bond donors (Lipinski definition) is 1. The summed E-state index contributed by atoms with van der Waals surface area (Å²) >= 11 is 0. The maximum absolute atomic E-state index is 11.7. The monoisotopic (exact) mass is 239 g/mol. The van der Waals surface area contributed by atoms with Gasteiger partial charge in [-0.15, -0.1) is 0 Å². The van der Waals surface area contributed by atoms with Crippen molar-refractivity contribution in [2.24, 2.45) is 5.92 Å². The van der Waals surface area contributed by atoms with Crippen molar-refractivity contribution >= 4 is 0 Å². The van der Waals surface area contributed by atoms with Gasteiger partial charge in [-0.3, -0.25) is 14.3 Å². The number of aromatic amines is 1. The van der Waals surface area contributed by atoms with Crippen LogP contribution in [0.2, 0.25) is 0 Å². The van der Waals surface area contributed by atoms with Crippen LogP contribution in [-0.4, -0.2) is 15.7 Å². The van der Waals surface area contributed by atoms with Crippen molar-refractivity contribution in [2.75, 3.05) is 0 Å². The molecule has 0 aliphatic carbocycles. The summed E-state index contributed by atoms with van der Waals surface area (Å²) in [6.07, 6.45) is 1.31. The van der Waals surface area contributed by atoms with E-state index in [9.17, 15) is 9.59 Å². The van der Waals surface area contributed by atoms with E-state index in [0.29, 0.717) is 12.0 Å². The van der Waals surface area contributed by atoms with Gasteiger partial charge in [0, 0.05) is 13.1 Å². The predicted molar refractivity (Wildman–Crippen MR) is 64.0 cm³/mol. The topological polar surface area (TPSA) is 64.1 Å². The number of nitrogens with zero attached hydrogens (tertiary/aromatic N) is 1. The normalized spacial score (nSPS) is 31.2. The molecule has 0 unspecified atom stereocenters. The van der Waals surface area contributed by atoms with Gasteiger partial charge in [-0.1, -0.05) is 13.8 Å². The number of aryl methyl sites for hydroxylation is 1. The Kier molecular flexibility index (Phi) is 2.84. The number of hydrogen-bond acceptors (Lipinski definition) is 3. The van der Waals surface area contributed by atoms with E-state index in [1.807, 2.05) is 6.92 Å². The third-order valence-corrected chi connectivity index (χ3v) is 3.23. The van der Waals surface area contributed by atoms with E-state index in [0.717, 1.165) is 0 Å². The Labute approximate surface area is 101 Å². The molecule has 0 radical (unpaired) electrons. The smallest absolute Gasteiger partial charge is 0.330 e. The fourth-order valence-electron chi connectivity index (χ4n) is 2.21. The van der Waals surface area contributed by atoms with E-state index in [2.05, 4.69) is 4.98 Å². The van der Waals surface area contributed by atoms with Crippen molar-refractivity contribution in [2.45, 2.75) is 45.9 Å². The standard InChI is InChI=1S/C12H18N2O3/c1-4-9-7(2)5-10(17-9)14-6-8(3)11(15)13-12(14)16/h6-7,9-10H,4-5H2,1-3H3,(H,13,15,16)/t7-,9+,10+/m0/s1/i4D/t4-,7+,9-,10-/m1. The molecule has 1 saturated heterocycles. The molecule has 2 heterocycles. The van der Waals surface area contributed by atoms with E-state index >= 15 is 0 Å². The van der Waals surface area contributed by atoms with Gasteiger partial charge >= 0.3 is 5.69 Å². The molecule has 5 nitrogen and oxygen atoms in total. The average Bonchev–Trinajstić information content (AvgIpc) is 2.65. The first-order chi connectivity index (χ1) is 8.40. The van der Waals surface area contributed by atoms with Crippen LogP contribution in [0.15, 0.2) is 15.8 Å². The molecule has 94 valence electrons. The Morgan fingerprint density at radius 3 is 2.94 bits per heavy atom. The third-order valence-electron chi connectivity index (χ3n) is 3.23. The van der Waals surface area contributed by atoms with Gasteiger partial charge < -0.3 is 4.74 Å². The quantitative estimate of drug-likeness (QED) is 0.842. The van der Waals surface area contributed by atoms with Crippen LogP contribution >= 0.6 is 0 Å². The number of ether oxygens (including phenoxy) is 1. The lowest BCUT2D eigenvalue weighted by Crippen LogP contribution is -2.33. The van der Waals surface area contributed by atoms with Crippen LogP contribution in [0.1, 0.15) is 39.8 Å². The lowest BCUT2D eigenvalue weighted by atomic mass is 10.0. The highest BCUT2D eigenvalue weighted by Crippen LogP contribution is 2.33. The molecule has 17 heavy (non-hydrogen) atoms. The van der Waals surface area contributed by atoms with Crippen molar-refractivity contribution < 1.29 is 6.11 Å². The Hall–Kier alpha value is -1.36. The van der Waals surface area contributed by atoms with Gasteiger partial charge in [0.1, 0.15) is 6.23 Å². The highest BCUT2D eigenvalue weighted by molar-refractivity contribution is 5.01. The van der Waals surface area contributed by atoms with E-state index in [4.69, 9.17) is 6.11 Å². The van der Waals surface area contributed by atoms with Crippen molar-refractivity contribution in [3.05, 3.63) is 32.6 Å². The van der Waals surface area contributed by atoms with E-state index < -0.39 is 5.69 Å². The van der Waals surface area contributed by atoms with E-state index in [-0.39, 0.29) is 30.2 Å². The Morgan fingerprint density at radius 1 is 1.65 bits per heavy atom. The summed E-state index contributed by atoms with van der Waals surface area (Å²) < 4.78 is 14.9. The average molecular weight is 239 g/mol. The van der Waals surface area contributed by atoms with Crippen molar-refractivity contribution in [1.82, 2.24) is 9.55 Å². The molecule has 0 amide bonds. The molecule has 1 N–H and O–H groups in total. The van der Waals surface area contributed by atoms with Crippen LogP contribution < -0.4 is 11.2 Å². The SMILES string of the molecule is [2H][C@H](C)[C@H]1O[C@@H](n2cc(C)c(=O)[nH]c2=O)C[C@@H]1C. The van der Waals surface area contributed by atoms with Crippen LogP contribution in [0.5, 0.6) is 0 Å². The maximum Gasteiger partial charge on any atom is 0.330 e. The Morgan fingerprint density at radius 2 is 2.35 bits per heavy atom. The summed E-state index contributed by atoms with van der Waals surface area (Å²) in [6, 6.07) is 0. The van der Waals surface area contributed by atoms with Crippen LogP contribution in [0.3, 0.4) is 0 Å². The van der Waals surface area contributed by atoms with E-state index in [1.165, 1.54) is 10.8 Å². The highest BCUT2D eigenvalue weighted by Gasteiger charge is 2.32. The third kappa shape index (κ3) is 2.20. The van der Waals surface area contributed by atoms with Crippen LogP contribution in [0, 0.1) is 12.8 Å². The first-order valence-corrected chi connectivity index (χ1v) is 5.80. The second-order valence-corrected chi connectivity index (χ2v) is 4.58. The second-order valence-electron chi connectivity index (χ2n) is 4.58. The van der Waals surface area contributed by atoms with Gasteiger partial charge in [-0.2, -0.15) is 0 Å². The number of aromatic nitrogens is 2. The molecule has 1 aliphatic heterocycles. The minimum Gasteiger partial charge on any atom is -0.354 e. The molecule has 5 heteroatoms. The van der Waals surface area contributed by atoms with Gasteiger partial charge in [-0.05, 0) is 25.7 Å². The molecule has 0 aromatic carbocycles. The van der Waals surface area contributed by atoms with Gasteiger partial charge in [0.25, 0.3) is 5.56 Å². The van der Waals surface area contributed by atoms with Crippen molar-refractivity contribution in [3.8, 4) is 0 Å². The first kappa shape index (κ1) is 10.8. The number of nitrogens with one attached hydrogen (secondary N) is 1. The van der Waals surface area contributed by atoms with Gasteiger partial charge in [0.05, 0.1) is 6.10 Å². The first-order valence-electron chi connectivity index (χ1n) is 6.37. The Balaban J connectivity index is 2.32. The summed E-state index contributed by atoms with van der Waals surface area (Å²) in [5, 5.41) is 0. The van der Waals surface area contributed by atoms with Crippen LogP contribution in [0.25, 0.3) is 0 Å². The van der Waals surface area contributed by atoms with Gasteiger partial charge in [0.15, 0.2) is 0 Å². The second kappa shape index (κ2) is 4.49. The molecular formula is C12H18N2O3. The molecule has 1 aromatic rings. The molecular weight excluding hydrogens is 220 g/mol. The summed E-state index contributed by atoms with van der Waals surface area (Å²) in [5.74, 6) is 0.224. The number of rotatable bonds is 2. The summed E-state index contributed by atoms with van der Waals surface area (Å²) in [6.45, 7) is 5.45. The largest absolute Gasteiger partial charge is 0.354 e. The summed E-state index contributed by atoms with van der Waals surface area (Å²) in [4.78, 5) is 25.3. The fourth-order valence-corrected chi connectivity index (χ4v) is 2.21. The molecule has 1 fully saturated rings. The molecule has 0 spiro atoms. The minimum atomic E-state index is -0.457. The minimum absolute atomic E-state index is 0.172. The zero-order chi connectivity index (χ0) is 13.4. The molecule has 0 bridgehead atoms. The van der Waals surface area contributed by atoms with E-state index in [1.54, 1.807) is 13.8 Å². The lowest BCUT2D eigenvalue weighted by Gasteiger charge is -2.15. The maximum atomic E-state index is 11.7. The van der Waals surface area contributed by atoms with Crippen LogP contribution in [0.4, 0.5) is 0 Å². The molecule has 2 rings (SSSR count). The zero-order valence-electron chi connectivity index (χ0n) is 11.3. The van der Waals surface area contributed by atoms with Gasteiger partial charge in [0.2, 0.25) is 0 Å². The van der Waals surface area contributed by atoms with Crippen LogP contribution in [-0.2, 0) is 4.74 Å². The fraction of sp³-hybridized carbons (Fsp3) is 0.667. The van der Waals surface area contributed by atoms with Gasteiger partial charge in [-0.25, -0.2) is 4.79 Å². The van der Waals surface area contributed by atoms with Crippen molar-refractivity contribution in [3.63, 3.8) is 0 Å². The molecule has 4 atom stereocenters. The summed E-state index contributed by atoms with van der Waals surface area (Å²) in [7, 11) is 0. The number of H-pyrrole nitrogens is 1. The Bertz CT molecular complexity index is 549. The summed E-state index contributed by atoms with van der Waals surface area (Å²) in [5.41, 5.74) is -0.345. The zero-order valence-corrected chi connectivity index (χ0v) is 10.3. The molecule has 1 aromatic heterocycles. The molecule has 0 saturated carbocycles. The molecule has 1 aliphatic rings. The van der Waals surface area contributed by atoms with Crippen molar-refractivity contribution in [1.29, 1.82) is 0 Å². The lowest BCUT2D eigenvalue weighted by molar-refractivity contribution is -0.00768. The predicted octanol–water partition coefficient (Wildman–Crippen LogP) is 1.18. The highest BCUT2D eigenvalue weighted by atomic mass is 16.5.